The summed E-state index contributed by atoms with van der Waals surface area (Å²) in [4.78, 5) is 11.4. The Hall–Kier alpha value is -2.56. The molecule has 21 heavy (non-hydrogen) atoms. The molecule has 0 aromatic heterocycles. The van der Waals surface area contributed by atoms with Crippen LogP contribution < -0.4 is 14.8 Å². The van der Waals surface area contributed by atoms with E-state index in [1.807, 2.05) is 0 Å². The lowest BCUT2D eigenvalue weighted by Gasteiger charge is -2.09. The van der Waals surface area contributed by atoms with Crippen LogP contribution in [0.4, 0.5) is 4.39 Å². The van der Waals surface area contributed by atoms with Crippen molar-refractivity contribution in [1.29, 1.82) is 0 Å². The molecular weight excluding hydrogens is 273 g/mol. The van der Waals surface area contributed by atoms with E-state index in [4.69, 9.17) is 9.47 Å². The Bertz CT molecular complexity index is 599. The van der Waals surface area contributed by atoms with Crippen LogP contribution in [0.15, 0.2) is 48.5 Å². The number of halogens is 1. The molecule has 4 nitrogen and oxygen atoms in total. The van der Waals surface area contributed by atoms with Crippen molar-refractivity contribution in [2.24, 2.45) is 0 Å². The SMILES string of the molecule is CNC(=O)c1ccc(OCCOc2ccccc2F)cc1. The largest absolute Gasteiger partial charge is 0.490 e. The summed E-state index contributed by atoms with van der Waals surface area (Å²) >= 11 is 0. The van der Waals surface area contributed by atoms with Gasteiger partial charge in [0.15, 0.2) is 11.6 Å². The topological polar surface area (TPSA) is 47.6 Å². The fourth-order valence-electron chi connectivity index (χ4n) is 1.72. The third kappa shape index (κ3) is 4.21. The lowest BCUT2D eigenvalue weighted by atomic mass is 10.2. The summed E-state index contributed by atoms with van der Waals surface area (Å²) in [6, 6.07) is 13.0. The molecule has 2 aromatic carbocycles. The minimum atomic E-state index is -0.396. The fourth-order valence-corrected chi connectivity index (χ4v) is 1.72. The fraction of sp³-hybridized carbons (Fsp3) is 0.188. The predicted octanol–water partition coefficient (Wildman–Crippen LogP) is 2.64. The van der Waals surface area contributed by atoms with E-state index in [-0.39, 0.29) is 24.9 Å². The summed E-state index contributed by atoms with van der Waals surface area (Å²) in [7, 11) is 1.58. The summed E-state index contributed by atoms with van der Waals surface area (Å²) in [6.45, 7) is 0.520. The minimum Gasteiger partial charge on any atom is -0.490 e. The Kier molecular flexibility index (Phi) is 5.15. The molecule has 0 radical (unpaired) electrons. The number of hydrogen-bond donors (Lipinski definition) is 1. The summed E-state index contributed by atoms with van der Waals surface area (Å²) in [5, 5.41) is 2.54. The van der Waals surface area contributed by atoms with Gasteiger partial charge in [-0.3, -0.25) is 4.79 Å². The van der Waals surface area contributed by atoms with E-state index in [0.717, 1.165) is 0 Å². The average molecular weight is 289 g/mol. The first-order valence-corrected chi connectivity index (χ1v) is 6.53. The van der Waals surface area contributed by atoms with E-state index < -0.39 is 5.82 Å². The molecule has 0 aliphatic carbocycles. The molecule has 1 amide bonds. The van der Waals surface area contributed by atoms with Crippen LogP contribution in [-0.4, -0.2) is 26.2 Å². The van der Waals surface area contributed by atoms with Crippen molar-refractivity contribution < 1.29 is 18.7 Å². The van der Waals surface area contributed by atoms with Crippen molar-refractivity contribution in [2.75, 3.05) is 20.3 Å². The smallest absolute Gasteiger partial charge is 0.251 e. The Labute approximate surface area is 122 Å². The van der Waals surface area contributed by atoms with Gasteiger partial charge in [-0.1, -0.05) is 12.1 Å². The first-order valence-electron chi connectivity index (χ1n) is 6.53. The number of benzene rings is 2. The van der Waals surface area contributed by atoms with E-state index in [2.05, 4.69) is 5.32 Å². The molecule has 1 N–H and O–H groups in total. The van der Waals surface area contributed by atoms with Gasteiger partial charge in [-0.25, -0.2) is 4.39 Å². The van der Waals surface area contributed by atoms with Gasteiger partial charge < -0.3 is 14.8 Å². The molecular formula is C16H16FNO3. The van der Waals surface area contributed by atoms with Crippen molar-refractivity contribution >= 4 is 5.91 Å². The molecule has 2 rings (SSSR count). The van der Waals surface area contributed by atoms with Gasteiger partial charge in [0.1, 0.15) is 19.0 Å². The third-order valence-corrected chi connectivity index (χ3v) is 2.79. The zero-order chi connectivity index (χ0) is 15.1. The molecule has 0 bridgehead atoms. The van der Waals surface area contributed by atoms with Gasteiger partial charge in [-0.05, 0) is 36.4 Å². The Balaban J connectivity index is 1.79. The number of hydrogen-bond acceptors (Lipinski definition) is 3. The molecule has 0 heterocycles. The highest BCUT2D eigenvalue weighted by Crippen LogP contribution is 2.16. The molecule has 0 aliphatic heterocycles. The molecule has 0 aliphatic rings. The molecule has 2 aromatic rings. The maximum Gasteiger partial charge on any atom is 0.251 e. The van der Waals surface area contributed by atoms with Gasteiger partial charge >= 0.3 is 0 Å². The zero-order valence-corrected chi connectivity index (χ0v) is 11.6. The second-order valence-electron chi connectivity index (χ2n) is 4.23. The maximum atomic E-state index is 13.3. The Morgan fingerprint density at radius 2 is 1.71 bits per heavy atom. The molecule has 0 fully saturated rings. The molecule has 5 heteroatoms. The van der Waals surface area contributed by atoms with Gasteiger partial charge in [-0.15, -0.1) is 0 Å². The van der Waals surface area contributed by atoms with E-state index >= 15 is 0 Å². The number of para-hydroxylation sites is 1. The van der Waals surface area contributed by atoms with Crippen LogP contribution >= 0.6 is 0 Å². The van der Waals surface area contributed by atoms with Crippen LogP contribution in [0.5, 0.6) is 11.5 Å². The van der Waals surface area contributed by atoms with Crippen molar-refractivity contribution in [2.45, 2.75) is 0 Å². The second kappa shape index (κ2) is 7.28. The highest BCUT2D eigenvalue weighted by Gasteiger charge is 2.03. The number of rotatable bonds is 6. The van der Waals surface area contributed by atoms with Crippen molar-refractivity contribution in [3.8, 4) is 11.5 Å². The molecule has 0 saturated carbocycles. The van der Waals surface area contributed by atoms with Crippen LogP contribution in [-0.2, 0) is 0 Å². The quantitative estimate of drug-likeness (QED) is 0.832. The van der Waals surface area contributed by atoms with Crippen molar-refractivity contribution in [1.82, 2.24) is 5.32 Å². The average Bonchev–Trinajstić information content (AvgIpc) is 2.53. The van der Waals surface area contributed by atoms with Crippen molar-refractivity contribution in [3.05, 3.63) is 59.9 Å². The number of carbonyl (C=O) groups excluding carboxylic acids is 1. The van der Waals surface area contributed by atoms with E-state index in [1.54, 1.807) is 49.5 Å². The zero-order valence-electron chi connectivity index (χ0n) is 11.6. The standard InChI is InChI=1S/C16H16FNO3/c1-18-16(19)12-6-8-13(9-7-12)20-10-11-21-15-5-3-2-4-14(15)17/h2-9H,10-11H2,1H3,(H,18,19). The van der Waals surface area contributed by atoms with Crippen molar-refractivity contribution in [3.63, 3.8) is 0 Å². The summed E-state index contributed by atoms with van der Waals surface area (Å²) in [6.07, 6.45) is 0. The van der Waals surface area contributed by atoms with Crippen LogP contribution in [0.1, 0.15) is 10.4 Å². The normalized spacial score (nSPS) is 10.0. The number of amides is 1. The highest BCUT2D eigenvalue weighted by molar-refractivity contribution is 5.94. The monoisotopic (exact) mass is 289 g/mol. The van der Waals surface area contributed by atoms with Crippen LogP contribution in [0.2, 0.25) is 0 Å². The third-order valence-electron chi connectivity index (χ3n) is 2.79. The maximum absolute atomic E-state index is 13.3. The lowest BCUT2D eigenvalue weighted by molar-refractivity contribution is 0.0963. The van der Waals surface area contributed by atoms with Crippen LogP contribution in [0, 0.1) is 5.82 Å². The lowest BCUT2D eigenvalue weighted by Crippen LogP contribution is -2.17. The number of nitrogens with one attached hydrogen (secondary N) is 1. The summed E-state index contributed by atoms with van der Waals surface area (Å²) < 4.78 is 24.0. The highest BCUT2D eigenvalue weighted by atomic mass is 19.1. The van der Waals surface area contributed by atoms with Crippen LogP contribution in [0.3, 0.4) is 0 Å². The van der Waals surface area contributed by atoms with Crippen LogP contribution in [0.25, 0.3) is 0 Å². The first-order chi connectivity index (χ1) is 10.2. The van der Waals surface area contributed by atoms with Gasteiger partial charge in [0.25, 0.3) is 5.91 Å². The van der Waals surface area contributed by atoms with Gasteiger partial charge in [0, 0.05) is 12.6 Å². The molecule has 0 saturated heterocycles. The van der Waals surface area contributed by atoms with E-state index in [9.17, 15) is 9.18 Å². The first kappa shape index (κ1) is 14.8. The summed E-state index contributed by atoms with van der Waals surface area (Å²) in [5.41, 5.74) is 0.562. The molecule has 110 valence electrons. The van der Waals surface area contributed by atoms with Gasteiger partial charge in [0.2, 0.25) is 0 Å². The molecule has 0 unspecified atom stereocenters. The van der Waals surface area contributed by atoms with E-state index in [1.165, 1.54) is 6.07 Å². The Morgan fingerprint density at radius 1 is 1.05 bits per heavy atom. The van der Waals surface area contributed by atoms with Gasteiger partial charge in [-0.2, -0.15) is 0 Å². The van der Waals surface area contributed by atoms with E-state index in [0.29, 0.717) is 11.3 Å². The predicted molar refractivity (Wildman–Crippen MR) is 77.2 cm³/mol. The Morgan fingerprint density at radius 3 is 2.38 bits per heavy atom. The minimum absolute atomic E-state index is 0.149. The second-order valence-corrected chi connectivity index (χ2v) is 4.23. The van der Waals surface area contributed by atoms with Gasteiger partial charge in [0.05, 0.1) is 0 Å². The summed E-state index contributed by atoms with van der Waals surface area (Å²) in [5.74, 6) is 0.285. The number of ether oxygens (including phenoxy) is 2. The molecule has 0 atom stereocenters. The molecule has 0 spiro atoms. The number of carbonyl (C=O) groups is 1.